The van der Waals surface area contributed by atoms with Gasteiger partial charge in [-0.05, 0) is 18.2 Å². The highest BCUT2D eigenvalue weighted by Gasteiger charge is 2.03. The molecule has 0 amide bonds. The highest BCUT2D eigenvalue weighted by Crippen LogP contribution is 2.20. The maximum absolute atomic E-state index is 13.4. The molecule has 0 aliphatic carbocycles. The SMILES string of the molecule is Cn1cc(CNc2cc(Br)ccc2F)nn1. The first-order valence-electron chi connectivity index (χ1n) is 4.69. The van der Waals surface area contributed by atoms with E-state index in [-0.39, 0.29) is 5.82 Å². The van der Waals surface area contributed by atoms with E-state index >= 15 is 0 Å². The zero-order chi connectivity index (χ0) is 11.5. The molecule has 16 heavy (non-hydrogen) atoms. The Bertz CT molecular complexity index is 497. The molecule has 6 heteroatoms. The molecule has 0 spiro atoms. The normalized spacial score (nSPS) is 10.4. The first kappa shape index (κ1) is 11.1. The highest BCUT2D eigenvalue weighted by molar-refractivity contribution is 9.10. The van der Waals surface area contributed by atoms with Crippen LogP contribution < -0.4 is 5.32 Å². The molecule has 0 radical (unpaired) electrons. The van der Waals surface area contributed by atoms with Crippen LogP contribution in [-0.4, -0.2) is 15.0 Å². The standard InChI is InChI=1S/C10H10BrFN4/c1-16-6-8(14-15-16)5-13-10-4-7(11)2-3-9(10)12/h2-4,6,13H,5H2,1H3. The number of aromatic nitrogens is 3. The maximum atomic E-state index is 13.4. The third-order valence-electron chi connectivity index (χ3n) is 2.04. The third kappa shape index (κ3) is 2.57. The minimum atomic E-state index is -0.285. The van der Waals surface area contributed by atoms with Crippen molar-refractivity contribution >= 4 is 21.6 Å². The van der Waals surface area contributed by atoms with E-state index in [4.69, 9.17) is 0 Å². The van der Waals surface area contributed by atoms with E-state index in [1.54, 1.807) is 30.1 Å². The van der Waals surface area contributed by atoms with E-state index < -0.39 is 0 Å². The van der Waals surface area contributed by atoms with Crippen LogP contribution in [0.25, 0.3) is 0 Å². The Morgan fingerprint density at radius 3 is 3.00 bits per heavy atom. The van der Waals surface area contributed by atoms with Crippen LogP contribution in [0.1, 0.15) is 5.69 Å². The molecule has 4 nitrogen and oxygen atoms in total. The lowest BCUT2D eigenvalue weighted by Gasteiger charge is -2.05. The molecule has 2 rings (SSSR count). The van der Waals surface area contributed by atoms with Crippen molar-refractivity contribution < 1.29 is 4.39 Å². The van der Waals surface area contributed by atoms with Crippen molar-refractivity contribution in [2.24, 2.45) is 7.05 Å². The average molecular weight is 285 g/mol. The number of hydrogen-bond acceptors (Lipinski definition) is 3. The van der Waals surface area contributed by atoms with Crippen LogP contribution in [0.4, 0.5) is 10.1 Å². The Balaban J connectivity index is 2.07. The zero-order valence-electron chi connectivity index (χ0n) is 8.61. The summed E-state index contributed by atoms with van der Waals surface area (Å²) in [6, 6.07) is 4.75. The lowest BCUT2D eigenvalue weighted by Crippen LogP contribution is -2.01. The average Bonchev–Trinajstić information content (AvgIpc) is 2.66. The lowest BCUT2D eigenvalue weighted by molar-refractivity contribution is 0.629. The topological polar surface area (TPSA) is 42.7 Å². The summed E-state index contributed by atoms with van der Waals surface area (Å²) in [6.45, 7) is 0.446. The minimum absolute atomic E-state index is 0.285. The summed E-state index contributed by atoms with van der Waals surface area (Å²) in [5, 5.41) is 10.7. The van der Waals surface area contributed by atoms with Gasteiger partial charge in [-0.2, -0.15) is 0 Å². The number of nitrogens with zero attached hydrogens (tertiary/aromatic N) is 3. The Kier molecular flexibility index (Phi) is 3.19. The van der Waals surface area contributed by atoms with Crippen molar-refractivity contribution in [3.8, 4) is 0 Å². The van der Waals surface area contributed by atoms with E-state index in [0.29, 0.717) is 12.2 Å². The molecule has 1 aromatic heterocycles. The summed E-state index contributed by atoms with van der Waals surface area (Å²) in [6.07, 6.45) is 1.78. The lowest BCUT2D eigenvalue weighted by atomic mass is 10.3. The predicted molar refractivity (Wildman–Crippen MR) is 62.4 cm³/mol. The quantitative estimate of drug-likeness (QED) is 0.941. The molecule has 0 atom stereocenters. The molecule has 1 aromatic carbocycles. The summed E-state index contributed by atoms with van der Waals surface area (Å²) in [5.74, 6) is -0.285. The van der Waals surface area contributed by atoms with Crippen LogP contribution in [0.15, 0.2) is 28.9 Å². The monoisotopic (exact) mass is 284 g/mol. The van der Waals surface area contributed by atoms with E-state index in [1.807, 2.05) is 0 Å². The number of halogens is 2. The maximum Gasteiger partial charge on any atom is 0.146 e. The molecule has 0 aliphatic heterocycles. The van der Waals surface area contributed by atoms with Crippen LogP contribution in [-0.2, 0) is 13.6 Å². The van der Waals surface area contributed by atoms with Crippen LogP contribution in [0, 0.1) is 5.82 Å². The molecule has 0 unspecified atom stereocenters. The van der Waals surface area contributed by atoms with Gasteiger partial charge in [0.2, 0.25) is 0 Å². The second-order valence-electron chi connectivity index (χ2n) is 3.36. The van der Waals surface area contributed by atoms with Gasteiger partial charge in [-0.25, -0.2) is 4.39 Å². The van der Waals surface area contributed by atoms with Crippen LogP contribution in [0.3, 0.4) is 0 Å². The second kappa shape index (κ2) is 4.61. The molecule has 0 aliphatic rings. The first-order valence-corrected chi connectivity index (χ1v) is 5.48. The van der Waals surface area contributed by atoms with Crippen molar-refractivity contribution in [3.05, 3.63) is 40.4 Å². The van der Waals surface area contributed by atoms with Crippen molar-refractivity contribution in [2.75, 3.05) is 5.32 Å². The van der Waals surface area contributed by atoms with Crippen LogP contribution in [0.5, 0.6) is 0 Å². The predicted octanol–water partition coefficient (Wildman–Crippen LogP) is 2.33. The van der Waals surface area contributed by atoms with Gasteiger partial charge in [0.1, 0.15) is 11.5 Å². The molecule has 2 aromatic rings. The van der Waals surface area contributed by atoms with Gasteiger partial charge in [0.05, 0.1) is 12.2 Å². The molecule has 0 bridgehead atoms. The van der Waals surface area contributed by atoms with Gasteiger partial charge in [0.25, 0.3) is 0 Å². The molecule has 0 fully saturated rings. The largest absolute Gasteiger partial charge is 0.377 e. The van der Waals surface area contributed by atoms with E-state index in [0.717, 1.165) is 10.2 Å². The summed E-state index contributed by atoms with van der Waals surface area (Å²) < 4.78 is 15.8. The molecular weight excluding hydrogens is 275 g/mol. The van der Waals surface area contributed by atoms with Crippen molar-refractivity contribution in [1.29, 1.82) is 0 Å². The fraction of sp³-hybridized carbons (Fsp3) is 0.200. The van der Waals surface area contributed by atoms with Crippen LogP contribution >= 0.6 is 15.9 Å². The van der Waals surface area contributed by atoms with Gasteiger partial charge in [0.15, 0.2) is 0 Å². The Labute approximate surface area is 101 Å². The van der Waals surface area contributed by atoms with Gasteiger partial charge >= 0.3 is 0 Å². The number of anilines is 1. The van der Waals surface area contributed by atoms with Gasteiger partial charge in [-0.15, -0.1) is 5.10 Å². The van der Waals surface area contributed by atoms with Gasteiger partial charge in [0, 0.05) is 17.7 Å². The van der Waals surface area contributed by atoms with E-state index in [2.05, 4.69) is 31.6 Å². The summed E-state index contributed by atoms with van der Waals surface area (Å²) in [7, 11) is 1.79. The number of nitrogens with one attached hydrogen (secondary N) is 1. The Hall–Kier alpha value is -1.43. The molecule has 1 N–H and O–H groups in total. The Morgan fingerprint density at radius 1 is 1.50 bits per heavy atom. The molecule has 1 heterocycles. The Morgan fingerprint density at radius 2 is 2.31 bits per heavy atom. The number of rotatable bonds is 3. The van der Waals surface area contributed by atoms with Crippen LogP contribution in [0.2, 0.25) is 0 Å². The second-order valence-corrected chi connectivity index (χ2v) is 4.28. The van der Waals surface area contributed by atoms with Crippen molar-refractivity contribution in [2.45, 2.75) is 6.54 Å². The molecular formula is C10H10BrFN4. The van der Waals surface area contributed by atoms with Gasteiger partial charge in [-0.1, -0.05) is 21.1 Å². The molecule has 0 saturated carbocycles. The number of benzene rings is 1. The number of aryl methyl sites for hydroxylation is 1. The minimum Gasteiger partial charge on any atom is -0.377 e. The first-order chi connectivity index (χ1) is 7.65. The van der Waals surface area contributed by atoms with Gasteiger partial charge in [-0.3, -0.25) is 4.68 Å². The van der Waals surface area contributed by atoms with E-state index in [1.165, 1.54) is 6.07 Å². The number of hydrogen-bond donors (Lipinski definition) is 1. The van der Waals surface area contributed by atoms with Gasteiger partial charge < -0.3 is 5.32 Å². The fourth-order valence-corrected chi connectivity index (χ4v) is 1.66. The third-order valence-corrected chi connectivity index (χ3v) is 2.53. The fourth-order valence-electron chi connectivity index (χ4n) is 1.30. The smallest absolute Gasteiger partial charge is 0.146 e. The van der Waals surface area contributed by atoms with Crippen molar-refractivity contribution in [1.82, 2.24) is 15.0 Å². The molecule has 0 saturated heterocycles. The summed E-state index contributed by atoms with van der Waals surface area (Å²) >= 11 is 3.29. The highest BCUT2D eigenvalue weighted by atomic mass is 79.9. The van der Waals surface area contributed by atoms with Crippen molar-refractivity contribution in [3.63, 3.8) is 0 Å². The summed E-state index contributed by atoms with van der Waals surface area (Å²) in [4.78, 5) is 0. The van der Waals surface area contributed by atoms with E-state index in [9.17, 15) is 4.39 Å². The summed E-state index contributed by atoms with van der Waals surface area (Å²) in [5.41, 5.74) is 1.21. The molecule has 84 valence electrons. The zero-order valence-corrected chi connectivity index (χ0v) is 10.2.